The summed E-state index contributed by atoms with van der Waals surface area (Å²) in [7, 11) is 0. The van der Waals surface area contributed by atoms with E-state index in [0.29, 0.717) is 5.69 Å². The number of para-hydroxylation sites is 1. The summed E-state index contributed by atoms with van der Waals surface area (Å²) in [4.78, 5) is 36.4. The lowest BCUT2D eigenvalue weighted by atomic mass is 10.1. The van der Waals surface area contributed by atoms with E-state index in [-0.39, 0.29) is 23.1 Å². The normalized spacial score (nSPS) is 14.9. The number of thiocarbonyl (C=S) groups is 1. The van der Waals surface area contributed by atoms with Crippen molar-refractivity contribution in [3.63, 3.8) is 0 Å². The Kier molecular flexibility index (Phi) is 4.44. The van der Waals surface area contributed by atoms with Gasteiger partial charge < -0.3 is 15.5 Å². The fourth-order valence-corrected chi connectivity index (χ4v) is 1.98. The highest BCUT2D eigenvalue weighted by molar-refractivity contribution is 7.80. The van der Waals surface area contributed by atoms with E-state index in [2.05, 4.69) is 10.6 Å². The zero-order valence-electron chi connectivity index (χ0n) is 11.3. The van der Waals surface area contributed by atoms with Gasteiger partial charge in [-0.3, -0.25) is 14.4 Å². The van der Waals surface area contributed by atoms with Crippen molar-refractivity contribution in [3.8, 4) is 0 Å². The molecule has 0 unspecified atom stereocenters. The van der Waals surface area contributed by atoms with Crippen molar-refractivity contribution in [3.05, 3.63) is 42.1 Å². The van der Waals surface area contributed by atoms with Gasteiger partial charge in [0.15, 0.2) is 10.9 Å². The average molecular weight is 303 g/mol. The van der Waals surface area contributed by atoms with E-state index in [4.69, 9.17) is 12.2 Å². The highest BCUT2D eigenvalue weighted by Gasteiger charge is 2.24. The summed E-state index contributed by atoms with van der Waals surface area (Å²) in [6, 6.07) is 8.77. The van der Waals surface area contributed by atoms with Crippen LogP contribution in [0.2, 0.25) is 0 Å². The highest BCUT2D eigenvalue weighted by atomic mass is 32.1. The Hall–Kier alpha value is -2.54. The molecule has 1 heterocycles. The van der Waals surface area contributed by atoms with Crippen LogP contribution in [0.5, 0.6) is 0 Å². The van der Waals surface area contributed by atoms with E-state index in [9.17, 15) is 14.4 Å². The number of benzene rings is 1. The molecule has 7 heteroatoms. The third-order valence-corrected chi connectivity index (χ3v) is 3.10. The molecule has 21 heavy (non-hydrogen) atoms. The van der Waals surface area contributed by atoms with Gasteiger partial charge in [-0.25, -0.2) is 0 Å². The second-order valence-electron chi connectivity index (χ2n) is 4.40. The van der Waals surface area contributed by atoms with Gasteiger partial charge in [-0.15, -0.1) is 0 Å². The summed E-state index contributed by atoms with van der Waals surface area (Å²) in [5, 5.41) is 5.22. The van der Waals surface area contributed by atoms with Crippen LogP contribution in [0, 0.1) is 0 Å². The topological polar surface area (TPSA) is 78.5 Å². The quantitative estimate of drug-likeness (QED) is 0.372. The van der Waals surface area contributed by atoms with Gasteiger partial charge in [-0.05, 0) is 31.3 Å². The molecule has 0 spiro atoms. The summed E-state index contributed by atoms with van der Waals surface area (Å²) < 4.78 is 0. The number of nitrogens with one attached hydrogen (secondary N) is 2. The van der Waals surface area contributed by atoms with Gasteiger partial charge in [0.05, 0.1) is 5.57 Å². The minimum atomic E-state index is -0.546. The maximum absolute atomic E-state index is 12.2. The smallest absolute Gasteiger partial charge is 0.260 e. The molecule has 0 atom stereocenters. The van der Waals surface area contributed by atoms with Crippen molar-refractivity contribution < 1.29 is 14.4 Å². The second kappa shape index (κ2) is 6.27. The lowest BCUT2D eigenvalue weighted by Crippen LogP contribution is -2.27. The zero-order chi connectivity index (χ0) is 15.4. The van der Waals surface area contributed by atoms with E-state index in [1.165, 1.54) is 18.0 Å². The molecular weight excluding hydrogens is 290 g/mol. The van der Waals surface area contributed by atoms with Crippen LogP contribution in [0.25, 0.3) is 0 Å². The predicted octanol–water partition coefficient (Wildman–Crippen LogP) is 0.815. The van der Waals surface area contributed by atoms with Crippen LogP contribution in [-0.4, -0.2) is 34.2 Å². The van der Waals surface area contributed by atoms with Crippen molar-refractivity contribution in [1.29, 1.82) is 0 Å². The van der Waals surface area contributed by atoms with Gasteiger partial charge in [0, 0.05) is 11.9 Å². The molecule has 1 fully saturated rings. The van der Waals surface area contributed by atoms with E-state index in [0.717, 1.165) is 0 Å². The first-order valence-corrected chi connectivity index (χ1v) is 6.58. The molecule has 2 rings (SSSR count). The van der Waals surface area contributed by atoms with Crippen LogP contribution in [0.1, 0.15) is 6.92 Å². The maximum atomic E-state index is 12.2. The molecule has 2 N–H and O–H groups in total. The Morgan fingerprint density at radius 2 is 2.00 bits per heavy atom. The molecule has 108 valence electrons. The van der Waals surface area contributed by atoms with Crippen LogP contribution in [0.4, 0.5) is 5.69 Å². The SMILES string of the molecule is CC(=O)/C(=C/N1CC(=O)NC1=S)C(=O)Nc1ccccc1. The van der Waals surface area contributed by atoms with Gasteiger partial charge in [-0.2, -0.15) is 0 Å². The molecule has 2 amide bonds. The molecule has 1 aromatic rings. The lowest BCUT2D eigenvalue weighted by Gasteiger charge is -2.12. The largest absolute Gasteiger partial charge is 0.322 e. The molecule has 1 aliphatic heterocycles. The number of amides is 2. The molecule has 1 aromatic carbocycles. The molecule has 6 nitrogen and oxygen atoms in total. The Labute approximate surface area is 126 Å². The first kappa shape index (κ1) is 14.9. The number of rotatable bonds is 4. The van der Waals surface area contributed by atoms with Crippen LogP contribution < -0.4 is 10.6 Å². The Morgan fingerprint density at radius 3 is 2.52 bits per heavy atom. The predicted molar refractivity (Wildman–Crippen MR) is 81.3 cm³/mol. The number of carbonyl (C=O) groups is 3. The summed E-state index contributed by atoms with van der Waals surface area (Å²) >= 11 is 4.95. The van der Waals surface area contributed by atoms with Crippen LogP contribution in [0.3, 0.4) is 0 Å². The van der Waals surface area contributed by atoms with Crippen molar-refractivity contribution >= 4 is 40.6 Å². The van der Waals surface area contributed by atoms with Gasteiger partial charge >= 0.3 is 0 Å². The first-order chi connectivity index (χ1) is 9.97. The fraction of sp³-hybridized carbons (Fsp3) is 0.143. The summed E-state index contributed by atoms with van der Waals surface area (Å²) in [6.07, 6.45) is 1.29. The number of carbonyl (C=O) groups excluding carboxylic acids is 3. The standard InChI is InChI=1S/C14H13N3O3S/c1-9(18)11(7-17-8-12(19)16-14(17)21)13(20)15-10-5-3-2-4-6-10/h2-7H,8H2,1H3,(H,15,20)(H,16,19,21)/b11-7-. The summed E-state index contributed by atoms with van der Waals surface area (Å²) in [5.74, 6) is -1.23. The van der Waals surface area contributed by atoms with Crippen LogP contribution in [0.15, 0.2) is 42.1 Å². The van der Waals surface area contributed by atoms with E-state index in [1.54, 1.807) is 24.3 Å². The van der Waals surface area contributed by atoms with Crippen molar-refractivity contribution in [2.75, 3.05) is 11.9 Å². The van der Waals surface area contributed by atoms with Crippen molar-refractivity contribution in [2.24, 2.45) is 0 Å². The lowest BCUT2D eigenvalue weighted by molar-refractivity contribution is -0.120. The Bertz CT molecular complexity index is 640. The number of Topliss-reactive ketones (excluding diaryl/α,β-unsaturated/α-hetero) is 1. The number of anilines is 1. The Morgan fingerprint density at radius 1 is 1.33 bits per heavy atom. The molecular formula is C14H13N3O3S. The van der Waals surface area contributed by atoms with Crippen molar-refractivity contribution in [2.45, 2.75) is 6.92 Å². The van der Waals surface area contributed by atoms with Gasteiger partial charge in [0.2, 0.25) is 5.91 Å². The third-order valence-electron chi connectivity index (χ3n) is 2.76. The molecule has 1 saturated heterocycles. The average Bonchev–Trinajstić information content (AvgIpc) is 2.74. The molecule has 0 aromatic heterocycles. The molecule has 0 radical (unpaired) electrons. The Balaban J connectivity index is 2.19. The van der Waals surface area contributed by atoms with Gasteiger partial charge in [0.1, 0.15) is 6.54 Å². The number of hydrogen-bond acceptors (Lipinski definition) is 4. The zero-order valence-corrected chi connectivity index (χ0v) is 12.1. The third kappa shape index (κ3) is 3.73. The van der Waals surface area contributed by atoms with Gasteiger partial charge in [0.25, 0.3) is 5.91 Å². The minimum Gasteiger partial charge on any atom is -0.322 e. The van der Waals surface area contributed by atoms with Gasteiger partial charge in [-0.1, -0.05) is 18.2 Å². The first-order valence-electron chi connectivity index (χ1n) is 6.17. The number of nitrogens with zero attached hydrogens (tertiary/aromatic N) is 1. The molecule has 0 saturated carbocycles. The highest BCUT2D eigenvalue weighted by Crippen LogP contribution is 2.10. The summed E-state index contributed by atoms with van der Waals surface area (Å²) in [6.45, 7) is 1.28. The van der Waals surface area contributed by atoms with Crippen LogP contribution >= 0.6 is 12.2 Å². The van der Waals surface area contributed by atoms with E-state index < -0.39 is 11.7 Å². The summed E-state index contributed by atoms with van der Waals surface area (Å²) in [5.41, 5.74) is 0.505. The second-order valence-corrected chi connectivity index (χ2v) is 4.79. The minimum absolute atomic E-state index is 0.00572. The van der Waals surface area contributed by atoms with Crippen LogP contribution in [-0.2, 0) is 14.4 Å². The number of ketones is 1. The van der Waals surface area contributed by atoms with Crippen molar-refractivity contribution in [1.82, 2.24) is 10.2 Å². The monoisotopic (exact) mass is 303 g/mol. The fourth-order valence-electron chi connectivity index (χ4n) is 1.75. The molecule has 0 bridgehead atoms. The van der Waals surface area contributed by atoms with E-state index >= 15 is 0 Å². The maximum Gasteiger partial charge on any atom is 0.260 e. The molecule has 1 aliphatic rings. The number of hydrogen-bond donors (Lipinski definition) is 2. The molecule has 0 aliphatic carbocycles. The van der Waals surface area contributed by atoms with E-state index in [1.807, 2.05) is 6.07 Å².